The second kappa shape index (κ2) is 8.55. The van der Waals surface area contributed by atoms with Crippen LogP contribution in [-0.2, 0) is 14.1 Å². The minimum absolute atomic E-state index is 0.226. The van der Waals surface area contributed by atoms with E-state index < -0.39 is 0 Å². The zero-order valence-electron chi connectivity index (χ0n) is 18.4. The lowest BCUT2D eigenvalue weighted by molar-refractivity contribution is 0.263. The van der Waals surface area contributed by atoms with E-state index in [1.165, 1.54) is 0 Å². The van der Waals surface area contributed by atoms with Crippen LogP contribution < -0.4 is 4.90 Å². The fraction of sp³-hybridized carbons (Fsp3) is 0.333. The van der Waals surface area contributed by atoms with Crippen molar-refractivity contribution in [3.63, 3.8) is 0 Å². The fourth-order valence-electron chi connectivity index (χ4n) is 4.37. The Morgan fingerprint density at radius 1 is 0.969 bits per heavy atom. The Morgan fingerprint density at radius 3 is 2.44 bits per heavy atom. The molecule has 0 amide bonds. The van der Waals surface area contributed by atoms with Crippen molar-refractivity contribution in [3.05, 3.63) is 55.2 Å². The number of aryl methyl sites for hydroxylation is 2. The molecule has 8 nitrogen and oxygen atoms in total. The van der Waals surface area contributed by atoms with Crippen molar-refractivity contribution in [3.8, 4) is 33.6 Å². The molecule has 8 heteroatoms. The van der Waals surface area contributed by atoms with Gasteiger partial charge >= 0.3 is 0 Å². The average Bonchev–Trinajstić information content (AvgIpc) is 3.55. The van der Waals surface area contributed by atoms with Gasteiger partial charge in [0.2, 0.25) is 0 Å². The summed E-state index contributed by atoms with van der Waals surface area (Å²) < 4.78 is 3.60. The molecule has 3 aromatic heterocycles. The number of rotatable bonds is 6. The minimum atomic E-state index is 0.226. The number of hydrogen-bond acceptors (Lipinski definition) is 6. The highest BCUT2D eigenvalue weighted by Crippen LogP contribution is 2.34. The van der Waals surface area contributed by atoms with Crippen LogP contribution in [0.5, 0.6) is 0 Å². The summed E-state index contributed by atoms with van der Waals surface area (Å²) in [7, 11) is 3.83. The van der Waals surface area contributed by atoms with Crippen molar-refractivity contribution >= 4 is 5.82 Å². The van der Waals surface area contributed by atoms with E-state index in [-0.39, 0.29) is 6.61 Å². The SMILES string of the molecule is Cn1cc(-c2cccc(-c3ncc(-c4cnn(C)c4)c(N4CCC(CCO)C4)n3)c2)cn1. The summed E-state index contributed by atoms with van der Waals surface area (Å²) in [5, 5.41) is 18.0. The summed E-state index contributed by atoms with van der Waals surface area (Å²) in [4.78, 5) is 12.1. The molecular formula is C24H27N7O. The number of nitrogens with zero attached hydrogens (tertiary/aromatic N) is 7. The highest BCUT2D eigenvalue weighted by atomic mass is 16.3. The van der Waals surface area contributed by atoms with E-state index >= 15 is 0 Å². The first-order valence-corrected chi connectivity index (χ1v) is 10.9. The molecule has 1 aromatic carbocycles. The van der Waals surface area contributed by atoms with Crippen LogP contribution in [0.25, 0.3) is 33.6 Å². The normalized spacial score (nSPS) is 16.1. The molecule has 1 fully saturated rings. The molecule has 0 radical (unpaired) electrons. The van der Waals surface area contributed by atoms with Gasteiger partial charge in [0.25, 0.3) is 0 Å². The molecule has 1 unspecified atom stereocenters. The summed E-state index contributed by atoms with van der Waals surface area (Å²) in [5.41, 5.74) is 5.10. The fourth-order valence-corrected chi connectivity index (χ4v) is 4.37. The van der Waals surface area contributed by atoms with Crippen molar-refractivity contribution in [2.75, 3.05) is 24.6 Å². The molecule has 1 aliphatic rings. The Balaban J connectivity index is 1.55. The smallest absolute Gasteiger partial charge is 0.161 e. The molecule has 1 aliphatic heterocycles. The molecule has 5 rings (SSSR count). The van der Waals surface area contributed by atoms with Gasteiger partial charge in [-0.25, -0.2) is 9.97 Å². The van der Waals surface area contributed by atoms with Gasteiger partial charge in [0.15, 0.2) is 5.82 Å². The van der Waals surface area contributed by atoms with E-state index in [0.717, 1.165) is 59.6 Å². The van der Waals surface area contributed by atoms with Crippen molar-refractivity contribution in [2.45, 2.75) is 12.8 Å². The number of aliphatic hydroxyl groups is 1. The third-order valence-electron chi connectivity index (χ3n) is 6.07. The van der Waals surface area contributed by atoms with Gasteiger partial charge in [-0.2, -0.15) is 10.2 Å². The number of aromatic nitrogens is 6. The Morgan fingerprint density at radius 2 is 1.72 bits per heavy atom. The molecule has 1 atom stereocenters. The topological polar surface area (TPSA) is 84.9 Å². The van der Waals surface area contributed by atoms with E-state index in [4.69, 9.17) is 9.97 Å². The van der Waals surface area contributed by atoms with Crippen LogP contribution in [0.3, 0.4) is 0 Å². The van der Waals surface area contributed by atoms with Gasteiger partial charge in [-0.3, -0.25) is 9.36 Å². The Hall–Kier alpha value is -3.52. The summed E-state index contributed by atoms with van der Waals surface area (Å²) >= 11 is 0. The van der Waals surface area contributed by atoms with Crippen LogP contribution in [0.4, 0.5) is 5.82 Å². The maximum atomic E-state index is 9.37. The van der Waals surface area contributed by atoms with Gasteiger partial charge in [-0.15, -0.1) is 0 Å². The Kier molecular flexibility index (Phi) is 5.45. The van der Waals surface area contributed by atoms with E-state index in [2.05, 4.69) is 27.2 Å². The Labute approximate surface area is 187 Å². The predicted molar refractivity (Wildman–Crippen MR) is 124 cm³/mol. The predicted octanol–water partition coefficient (Wildman–Crippen LogP) is 3.15. The zero-order valence-corrected chi connectivity index (χ0v) is 18.4. The van der Waals surface area contributed by atoms with E-state index in [0.29, 0.717) is 11.7 Å². The number of benzene rings is 1. The molecule has 164 valence electrons. The average molecular weight is 430 g/mol. The molecule has 32 heavy (non-hydrogen) atoms. The lowest BCUT2D eigenvalue weighted by Gasteiger charge is -2.21. The molecule has 4 aromatic rings. The van der Waals surface area contributed by atoms with E-state index in [9.17, 15) is 5.11 Å². The number of anilines is 1. The standard InChI is InChI=1S/C24H27N7O/c1-29-15-20(11-26-29)18-4-3-5-19(10-18)23-25-13-22(21-12-27-30(2)16-21)24(28-23)31-8-6-17(14-31)7-9-32/h3-5,10-13,15-17,32H,6-9,14H2,1-2H3. The highest BCUT2D eigenvalue weighted by Gasteiger charge is 2.26. The van der Waals surface area contributed by atoms with Gasteiger partial charge in [0, 0.05) is 74.6 Å². The van der Waals surface area contributed by atoms with Gasteiger partial charge in [-0.05, 0) is 30.4 Å². The Bertz CT molecular complexity index is 1230. The number of hydrogen-bond donors (Lipinski definition) is 1. The molecule has 0 saturated carbocycles. The van der Waals surface area contributed by atoms with Crippen molar-refractivity contribution in [2.24, 2.45) is 20.0 Å². The monoisotopic (exact) mass is 429 g/mol. The maximum absolute atomic E-state index is 9.37. The van der Waals surface area contributed by atoms with Crippen LogP contribution in [0.2, 0.25) is 0 Å². The first-order valence-electron chi connectivity index (χ1n) is 10.9. The molecule has 4 heterocycles. The van der Waals surface area contributed by atoms with Gasteiger partial charge in [0.05, 0.1) is 12.4 Å². The van der Waals surface area contributed by atoms with E-state index in [1.807, 2.05) is 57.2 Å². The maximum Gasteiger partial charge on any atom is 0.161 e. The first kappa shape index (κ1) is 20.4. The second-order valence-electron chi connectivity index (χ2n) is 8.43. The largest absolute Gasteiger partial charge is 0.396 e. The molecular weight excluding hydrogens is 402 g/mol. The lowest BCUT2D eigenvalue weighted by atomic mass is 10.1. The summed E-state index contributed by atoms with van der Waals surface area (Å²) in [6.45, 7) is 2.04. The zero-order chi connectivity index (χ0) is 22.1. The lowest BCUT2D eigenvalue weighted by Crippen LogP contribution is -2.22. The molecule has 0 aliphatic carbocycles. The number of aliphatic hydroxyl groups excluding tert-OH is 1. The minimum Gasteiger partial charge on any atom is -0.396 e. The first-order chi connectivity index (χ1) is 15.6. The molecule has 1 saturated heterocycles. The third kappa shape index (κ3) is 4.01. The van der Waals surface area contributed by atoms with Crippen molar-refractivity contribution < 1.29 is 5.11 Å². The van der Waals surface area contributed by atoms with Crippen LogP contribution in [0.15, 0.2) is 55.2 Å². The van der Waals surface area contributed by atoms with Crippen molar-refractivity contribution in [1.29, 1.82) is 0 Å². The quantitative estimate of drug-likeness (QED) is 0.507. The second-order valence-corrected chi connectivity index (χ2v) is 8.43. The van der Waals surface area contributed by atoms with Gasteiger partial charge < -0.3 is 10.0 Å². The van der Waals surface area contributed by atoms with Crippen molar-refractivity contribution in [1.82, 2.24) is 29.5 Å². The van der Waals surface area contributed by atoms with Gasteiger partial charge in [-0.1, -0.05) is 18.2 Å². The van der Waals surface area contributed by atoms with Crippen LogP contribution in [-0.4, -0.2) is 54.3 Å². The van der Waals surface area contributed by atoms with Crippen LogP contribution in [0, 0.1) is 5.92 Å². The van der Waals surface area contributed by atoms with Gasteiger partial charge in [0.1, 0.15) is 5.82 Å². The third-order valence-corrected chi connectivity index (χ3v) is 6.07. The summed E-state index contributed by atoms with van der Waals surface area (Å²) in [5.74, 6) is 2.10. The molecule has 1 N–H and O–H groups in total. The highest BCUT2D eigenvalue weighted by molar-refractivity contribution is 5.77. The summed E-state index contributed by atoms with van der Waals surface area (Å²) in [6, 6.07) is 8.26. The van der Waals surface area contributed by atoms with Crippen LogP contribution >= 0.6 is 0 Å². The molecule has 0 bridgehead atoms. The van der Waals surface area contributed by atoms with Crippen LogP contribution in [0.1, 0.15) is 12.8 Å². The van der Waals surface area contributed by atoms with E-state index in [1.54, 1.807) is 9.36 Å². The molecule has 0 spiro atoms. The summed E-state index contributed by atoms with van der Waals surface area (Å²) in [6.07, 6.45) is 11.5.